The maximum atomic E-state index is 5.44. The van der Waals surface area contributed by atoms with Crippen molar-refractivity contribution in [1.29, 1.82) is 0 Å². The SMILES string of the molecule is NC(=S)c1ccc(-n2cncn2)nc1. The highest BCUT2D eigenvalue weighted by molar-refractivity contribution is 7.80. The Morgan fingerprint density at radius 2 is 2.29 bits per heavy atom. The molecule has 2 aromatic heterocycles. The van der Waals surface area contributed by atoms with Crippen LogP contribution in [0.2, 0.25) is 0 Å². The molecule has 2 rings (SSSR count). The molecule has 0 aliphatic carbocycles. The first-order chi connectivity index (χ1) is 6.77. The molecule has 0 aliphatic heterocycles. The Hall–Kier alpha value is -1.82. The van der Waals surface area contributed by atoms with Crippen molar-refractivity contribution in [2.24, 2.45) is 5.73 Å². The average molecular weight is 205 g/mol. The molecular weight excluding hydrogens is 198 g/mol. The predicted octanol–water partition coefficient (Wildman–Crippen LogP) is 0.297. The van der Waals surface area contributed by atoms with Crippen LogP contribution in [0, 0.1) is 0 Å². The van der Waals surface area contributed by atoms with Crippen molar-refractivity contribution in [3.05, 3.63) is 36.5 Å². The van der Waals surface area contributed by atoms with Crippen LogP contribution in [0.25, 0.3) is 5.82 Å². The van der Waals surface area contributed by atoms with Crippen molar-refractivity contribution in [3.8, 4) is 5.82 Å². The summed E-state index contributed by atoms with van der Waals surface area (Å²) in [5.41, 5.74) is 6.18. The molecule has 0 saturated heterocycles. The summed E-state index contributed by atoms with van der Waals surface area (Å²) >= 11 is 4.81. The molecule has 0 aromatic carbocycles. The molecule has 0 bridgehead atoms. The minimum absolute atomic E-state index is 0.336. The van der Waals surface area contributed by atoms with E-state index < -0.39 is 0 Å². The molecule has 2 heterocycles. The van der Waals surface area contributed by atoms with E-state index in [9.17, 15) is 0 Å². The molecule has 5 nitrogen and oxygen atoms in total. The summed E-state index contributed by atoms with van der Waals surface area (Å²) in [7, 11) is 0. The summed E-state index contributed by atoms with van der Waals surface area (Å²) in [4.78, 5) is 8.29. The normalized spacial score (nSPS) is 10.0. The lowest BCUT2D eigenvalue weighted by Gasteiger charge is -2.00. The Morgan fingerprint density at radius 3 is 2.79 bits per heavy atom. The van der Waals surface area contributed by atoms with Crippen molar-refractivity contribution in [3.63, 3.8) is 0 Å². The van der Waals surface area contributed by atoms with Crippen LogP contribution in [-0.4, -0.2) is 24.7 Å². The second-order valence-electron chi connectivity index (χ2n) is 2.61. The van der Waals surface area contributed by atoms with Gasteiger partial charge in [0.2, 0.25) is 0 Å². The first-order valence-corrected chi connectivity index (χ1v) is 4.29. The first-order valence-electron chi connectivity index (χ1n) is 3.88. The predicted molar refractivity (Wildman–Crippen MR) is 55.0 cm³/mol. The maximum Gasteiger partial charge on any atom is 0.155 e. The Morgan fingerprint density at radius 1 is 1.43 bits per heavy atom. The van der Waals surface area contributed by atoms with Gasteiger partial charge in [-0.05, 0) is 12.1 Å². The molecule has 2 aromatic rings. The fraction of sp³-hybridized carbons (Fsp3) is 0. The van der Waals surface area contributed by atoms with E-state index >= 15 is 0 Å². The number of hydrogen-bond acceptors (Lipinski definition) is 4. The zero-order valence-corrected chi connectivity index (χ0v) is 7.98. The largest absolute Gasteiger partial charge is 0.389 e. The van der Waals surface area contributed by atoms with Gasteiger partial charge in [-0.2, -0.15) is 5.10 Å². The van der Waals surface area contributed by atoms with Crippen LogP contribution in [0.3, 0.4) is 0 Å². The molecule has 14 heavy (non-hydrogen) atoms. The van der Waals surface area contributed by atoms with E-state index in [2.05, 4.69) is 15.1 Å². The number of thiocarbonyl (C=S) groups is 1. The van der Waals surface area contributed by atoms with Gasteiger partial charge < -0.3 is 5.73 Å². The third-order valence-corrected chi connectivity index (χ3v) is 1.92. The van der Waals surface area contributed by atoms with Gasteiger partial charge in [-0.1, -0.05) is 12.2 Å². The smallest absolute Gasteiger partial charge is 0.155 e. The maximum absolute atomic E-state index is 5.44. The lowest BCUT2D eigenvalue weighted by Crippen LogP contribution is -2.10. The van der Waals surface area contributed by atoms with E-state index in [1.165, 1.54) is 6.33 Å². The number of aromatic nitrogens is 4. The van der Waals surface area contributed by atoms with Gasteiger partial charge in [-0.25, -0.2) is 14.6 Å². The van der Waals surface area contributed by atoms with Crippen LogP contribution in [0.5, 0.6) is 0 Å². The summed E-state index contributed by atoms with van der Waals surface area (Å²) in [6, 6.07) is 3.58. The van der Waals surface area contributed by atoms with Crippen LogP contribution in [0.1, 0.15) is 5.56 Å². The summed E-state index contributed by atoms with van der Waals surface area (Å²) in [6.45, 7) is 0. The van der Waals surface area contributed by atoms with E-state index in [1.807, 2.05) is 0 Å². The molecule has 70 valence electrons. The molecule has 2 N–H and O–H groups in total. The zero-order valence-electron chi connectivity index (χ0n) is 7.16. The second kappa shape index (κ2) is 3.51. The minimum atomic E-state index is 0.336. The standard InChI is InChI=1S/C8H7N5S/c9-8(14)6-1-2-7(11-3-6)13-5-10-4-12-13/h1-5H,(H2,9,14). The number of rotatable bonds is 2. The lowest BCUT2D eigenvalue weighted by molar-refractivity contribution is 0.845. The summed E-state index contributed by atoms with van der Waals surface area (Å²) < 4.78 is 1.56. The summed E-state index contributed by atoms with van der Waals surface area (Å²) in [5.74, 6) is 0.683. The van der Waals surface area contributed by atoms with Gasteiger partial charge in [0.25, 0.3) is 0 Å². The van der Waals surface area contributed by atoms with Crippen LogP contribution in [0.15, 0.2) is 31.0 Å². The average Bonchev–Trinajstić information content (AvgIpc) is 2.71. The third-order valence-electron chi connectivity index (χ3n) is 1.69. The Bertz CT molecular complexity index is 433. The van der Waals surface area contributed by atoms with Crippen molar-refractivity contribution in [2.45, 2.75) is 0 Å². The van der Waals surface area contributed by atoms with Crippen molar-refractivity contribution < 1.29 is 0 Å². The highest BCUT2D eigenvalue weighted by Gasteiger charge is 1.99. The van der Waals surface area contributed by atoms with Crippen LogP contribution >= 0.6 is 12.2 Å². The third kappa shape index (κ3) is 1.60. The van der Waals surface area contributed by atoms with Crippen molar-refractivity contribution in [2.75, 3.05) is 0 Å². The number of pyridine rings is 1. The molecule has 0 saturated carbocycles. The van der Waals surface area contributed by atoms with Gasteiger partial charge in [0.15, 0.2) is 5.82 Å². The van der Waals surface area contributed by atoms with Gasteiger partial charge in [0.1, 0.15) is 17.6 Å². The van der Waals surface area contributed by atoms with E-state index in [1.54, 1.807) is 29.3 Å². The van der Waals surface area contributed by atoms with E-state index in [4.69, 9.17) is 18.0 Å². The number of nitrogens with zero attached hydrogens (tertiary/aromatic N) is 4. The van der Waals surface area contributed by atoms with Gasteiger partial charge in [-0.3, -0.25) is 0 Å². The topological polar surface area (TPSA) is 69.6 Å². The van der Waals surface area contributed by atoms with Gasteiger partial charge in [0.05, 0.1) is 0 Å². The number of hydrogen-bond donors (Lipinski definition) is 1. The van der Waals surface area contributed by atoms with Crippen LogP contribution in [0.4, 0.5) is 0 Å². The molecule has 0 radical (unpaired) electrons. The second-order valence-corrected chi connectivity index (χ2v) is 3.05. The lowest BCUT2D eigenvalue weighted by atomic mass is 10.3. The zero-order chi connectivity index (χ0) is 9.97. The Labute approximate surface area is 85.6 Å². The fourth-order valence-corrected chi connectivity index (χ4v) is 1.11. The number of nitrogens with two attached hydrogens (primary N) is 1. The summed E-state index contributed by atoms with van der Waals surface area (Å²) in [6.07, 6.45) is 4.63. The van der Waals surface area contributed by atoms with Gasteiger partial charge in [-0.15, -0.1) is 0 Å². The van der Waals surface area contributed by atoms with E-state index in [0.717, 1.165) is 5.56 Å². The molecule has 0 aliphatic rings. The molecular formula is C8H7N5S. The molecule has 6 heteroatoms. The molecule has 0 unspecified atom stereocenters. The molecule has 0 spiro atoms. The van der Waals surface area contributed by atoms with Gasteiger partial charge >= 0.3 is 0 Å². The molecule has 0 amide bonds. The van der Waals surface area contributed by atoms with E-state index in [0.29, 0.717) is 10.8 Å². The van der Waals surface area contributed by atoms with Gasteiger partial charge in [0, 0.05) is 11.8 Å². The summed E-state index contributed by atoms with van der Waals surface area (Å²) in [5, 5.41) is 3.94. The Kier molecular flexibility index (Phi) is 2.19. The van der Waals surface area contributed by atoms with Crippen LogP contribution in [-0.2, 0) is 0 Å². The highest BCUT2D eigenvalue weighted by atomic mass is 32.1. The van der Waals surface area contributed by atoms with Crippen LogP contribution < -0.4 is 5.73 Å². The minimum Gasteiger partial charge on any atom is -0.389 e. The highest BCUT2D eigenvalue weighted by Crippen LogP contribution is 2.03. The quantitative estimate of drug-likeness (QED) is 0.714. The monoisotopic (exact) mass is 205 g/mol. The van der Waals surface area contributed by atoms with E-state index in [-0.39, 0.29) is 0 Å². The molecule has 0 fully saturated rings. The van der Waals surface area contributed by atoms with Crippen molar-refractivity contribution in [1.82, 2.24) is 19.7 Å². The first kappa shape index (κ1) is 8.76. The fourth-order valence-electron chi connectivity index (χ4n) is 0.994. The molecule has 0 atom stereocenters. The van der Waals surface area contributed by atoms with Crippen molar-refractivity contribution >= 4 is 17.2 Å². The Balaban J connectivity index is 2.36.